The lowest BCUT2D eigenvalue weighted by Crippen LogP contribution is -2.12. The fourth-order valence-electron chi connectivity index (χ4n) is 1.83. The summed E-state index contributed by atoms with van der Waals surface area (Å²) in [6.45, 7) is 0. The molecule has 3 rings (SSSR count). The lowest BCUT2D eigenvalue weighted by Gasteiger charge is -2.06. The normalized spacial score (nSPS) is 10.7. The molecule has 100 valence electrons. The molecule has 1 amide bonds. The van der Waals surface area contributed by atoms with Crippen molar-refractivity contribution >= 4 is 34.4 Å². The molecule has 20 heavy (non-hydrogen) atoms. The van der Waals surface area contributed by atoms with Crippen LogP contribution < -0.4 is 11.1 Å². The van der Waals surface area contributed by atoms with Crippen LogP contribution in [0.2, 0.25) is 5.02 Å². The Bertz CT molecular complexity index is 798. The molecule has 0 aliphatic heterocycles. The molecule has 3 N–H and O–H groups in total. The van der Waals surface area contributed by atoms with Gasteiger partial charge in [0.15, 0.2) is 0 Å². The first-order valence-corrected chi connectivity index (χ1v) is 6.16. The molecule has 0 unspecified atom stereocenters. The summed E-state index contributed by atoms with van der Waals surface area (Å²) in [5, 5.41) is 7.19. The fourth-order valence-corrected chi connectivity index (χ4v) is 2.07. The molecule has 0 spiro atoms. The van der Waals surface area contributed by atoms with E-state index in [4.69, 9.17) is 17.3 Å². The van der Waals surface area contributed by atoms with E-state index < -0.39 is 0 Å². The highest BCUT2D eigenvalue weighted by atomic mass is 35.5. The molecule has 0 saturated carbocycles. The number of hydrogen-bond acceptors (Lipinski definition) is 4. The van der Waals surface area contributed by atoms with Crippen LogP contribution in [0.15, 0.2) is 43.0 Å². The number of fused-ring (bicyclic) bond motifs is 1. The summed E-state index contributed by atoms with van der Waals surface area (Å²) in [5.41, 5.74) is 7.68. The third-order valence-corrected chi connectivity index (χ3v) is 3.12. The number of nitrogen functional groups attached to an aromatic ring is 1. The standard InChI is InChI=1S/C13H10ClN5O/c14-10-5-8(15)1-2-11(10)18-13(20)9-6-17-19-4-3-16-7-12(9)19/h1-7H,15H2,(H,18,20). The molecule has 0 aliphatic carbocycles. The molecule has 0 fully saturated rings. The average Bonchev–Trinajstić information content (AvgIpc) is 2.86. The zero-order valence-corrected chi connectivity index (χ0v) is 11.0. The number of carbonyl (C=O) groups is 1. The number of nitrogens with zero attached hydrogens (tertiary/aromatic N) is 3. The topological polar surface area (TPSA) is 85.3 Å². The minimum atomic E-state index is -0.306. The summed E-state index contributed by atoms with van der Waals surface area (Å²) < 4.78 is 1.58. The van der Waals surface area contributed by atoms with Crippen LogP contribution in [0.5, 0.6) is 0 Å². The number of benzene rings is 1. The third-order valence-electron chi connectivity index (χ3n) is 2.81. The van der Waals surface area contributed by atoms with E-state index in [1.165, 1.54) is 6.20 Å². The number of amides is 1. The Hall–Kier alpha value is -2.60. The molecule has 0 radical (unpaired) electrons. The molecular weight excluding hydrogens is 278 g/mol. The Morgan fingerprint density at radius 1 is 1.35 bits per heavy atom. The molecule has 1 aromatic carbocycles. The number of hydrogen-bond donors (Lipinski definition) is 2. The van der Waals surface area contributed by atoms with E-state index in [1.54, 1.807) is 41.3 Å². The van der Waals surface area contributed by atoms with Crippen LogP contribution in [0.3, 0.4) is 0 Å². The van der Waals surface area contributed by atoms with Gasteiger partial charge in [-0.25, -0.2) is 4.52 Å². The number of aromatic nitrogens is 3. The predicted molar refractivity (Wildman–Crippen MR) is 76.8 cm³/mol. The van der Waals surface area contributed by atoms with Crippen molar-refractivity contribution in [3.05, 3.63) is 53.6 Å². The summed E-state index contributed by atoms with van der Waals surface area (Å²) in [5.74, 6) is -0.306. The van der Waals surface area contributed by atoms with E-state index in [0.717, 1.165) is 0 Å². The molecule has 0 saturated heterocycles. The summed E-state index contributed by atoms with van der Waals surface area (Å²) >= 11 is 6.03. The zero-order valence-electron chi connectivity index (χ0n) is 10.2. The minimum absolute atomic E-state index is 0.306. The van der Waals surface area contributed by atoms with E-state index in [9.17, 15) is 4.79 Å². The monoisotopic (exact) mass is 287 g/mol. The van der Waals surface area contributed by atoms with Gasteiger partial charge in [0, 0.05) is 18.1 Å². The fraction of sp³-hybridized carbons (Fsp3) is 0. The predicted octanol–water partition coefficient (Wildman–Crippen LogP) is 2.22. The molecule has 3 aromatic rings. The Kier molecular flexibility index (Phi) is 3.00. The van der Waals surface area contributed by atoms with Crippen LogP contribution in [0.25, 0.3) is 5.52 Å². The Labute approximate surface area is 119 Å². The maximum absolute atomic E-state index is 12.2. The highest BCUT2D eigenvalue weighted by molar-refractivity contribution is 6.34. The highest BCUT2D eigenvalue weighted by Gasteiger charge is 2.14. The van der Waals surface area contributed by atoms with Crippen LogP contribution in [0.4, 0.5) is 11.4 Å². The largest absolute Gasteiger partial charge is 0.399 e. The van der Waals surface area contributed by atoms with Gasteiger partial charge in [0.1, 0.15) is 0 Å². The van der Waals surface area contributed by atoms with Gasteiger partial charge in [-0.1, -0.05) is 11.6 Å². The SMILES string of the molecule is Nc1ccc(NC(=O)c2cnn3ccncc23)c(Cl)c1. The summed E-state index contributed by atoms with van der Waals surface area (Å²) in [6, 6.07) is 4.90. The summed E-state index contributed by atoms with van der Waals surface area (Å²) in [6.07, 6.45) is 6.32. The van der Waals surface area contributed by atoms with Crippen LogP contribution in [0, 0.1) is 0 Å². The maximum atomic E-state index is 12.2. The van der Waals surface area contributed by atoms with Crippen LogP contribution in [-0.2, 0) is 0 Å². The molecule has 0 bridgehead atoms. The third kappa shape index (κ3) is 2.17. The molecular formula is C13H10ClN5O. The van der Waals surface area contributed by atoms with Gasteiger partial charge < -0.3 is 11.1 Å². The van der Waals surface area contributed by atoms with Crippen molar-refractivity contribution in [3.63, 3.8) is 0 Å². The van der Waals surface area contributed by atoms with Crippen molar-refractivity contribution in [2.45, 2.75) is 0 Å². The van der Waals surface area contributed by atoms with Crippen molar-refractivity contribution in [1.82, 2.24) is 14.6 Å². The first-order valence-electron chi connectivity index (χ1n) is 5.79. The number of halogens is 1. The zero-order chi connectivity index (χ0) is 14.1. The minimum Gasteiger partial charge on any atom is -0.399 e. The first-order chi connectivity index (χ1) is 9.65. The second-order valence-electron chi connectivity index (χ2n) is 4.16. The van der Waals surface area contributed by atoms with Gasteiger partial charge in [-0.3, -0.25) is 9.78 Å². The summed E-state index contributed by atoms with van der Waals surface area (Å²) in [7, 11) is 0. The molecule has 0 aliphatic rings. The molecule has 2 aromatic heterocycles. The average molecular weight is 288 g/mol. The van der Waals surface area contributed by atoms with Gasteiger partial charge in [-0.05, 0) is 18.2 Å². The van der Waals surface area contributed by atoms with E-state index in [-0.39, 0.29) is 5.91 Å². The van der Waals surface area contributed by atoms with Crippen molar-refractivity contribution < 1.29 is 4.79 Å². The molecule has 7 heteroatoms. The number of nitrogens with one attached hydrogen (secondary N) is 1. The quantitative estimate of drug-likeness (QED) is 0.708. The van der Waals surface area contributed by atoms with Crippen molar-refractivity contribution in [2.24, 2.45) is 0 Å². The molecule has 0 atom stereocenters. The number of nitrogens with two attached hydrogens (primary N) is 1. The lowest BCUT2D eigenvalue weighted by atomic mass is 10.2. The van der Waals surface area contributed by atoms with Gasteiger partial charge >= 0.3 is 0 Å². The highest BCUT2D eigenvalue weighted by Crippen LogP contribution is 2.24. The Morgan fingerprint density at radius 2 is 2.20 bits per heavy atom. The van der Waals surface area contributed by atoms with E-state index in [0.29, 0.717) is 27.5 Å². The Morgan fingerprint density at radius 3 is 3.00 bits per heavy atom. The van der Waals surface area contributed by atoms with Gasteiger partial charge in [-0.2, -0.15) is 5.10 Å². The molecule has 2 heterocycles. The van der Waals surface area contributed by atoms with E-state index in [2.05, 4.69) is 15.4 Å². The smallest absolute Gasteiger partial charge is 0.259 e. The van der Waals surface area contributed by atoms with E-state index >= 15 is 0 Å². The van der Waals surface area contributed by atoms with Crippen molar-refractivity contribution in [2.75, 3.05) is 11.1 Å². The molecule has 6 nitrogen and oxygen atoms in total. The van der Waals surface area contributed by atoms with Gasteiger partial charge in [-0.15, -0.1) is 0 Å². The number of rotatable bonds is 2. The van der Waals surface area contributed by atoms with E-state index in [1.807, 2.05) is 0 Å². The maximum Gasteiger partial charge on any atom is 0.259 e. The van der Waals surface area contributed by atoms with Crippen LogP contribution in [0.1, 0.15) is 10.4 Å². The van der Waals surface area contributed by atoms with Gasteiger partial charge in [0.2, 0.25) is 0 Å². The van der Waals surface area contributed by atoms with Crippen LogP contribution in [-0.4, -0.2) is 20.5 Å². The first kappa shape index (κ1) is 12.4. The van der Waals surface area contributed by atoms with Crippen molar-refractivity contribution in [1.29, 1.82) is 0 Å². The van der Waals surface area contributed by atoms with Crippen molar-refractivity contribution in [3.8, 4) is 0 Å². The van der Waals surface area contributed by atoms with Crippen LogP contribution >= 0.6 is 11.6 Å². The number of carbonyl (C=O) groups excluding carboxylic acids is 1. The lowest BCUT2D eigenvalue weighted by molar-refractivity contribution is 0.102. The van der Waals surface area contributed by atoms with Gasteiger partial charge in [0.05, 0.1) is 34.2 Å². The second kappa shape index (κ2) is 4.82. The second-order valence-corrected chi connectivity index (χ2v) is 4.56. The van der Waals surface area contributed by atoms with Gasteiger partial charge in [0.25, 0.3) is 5.91 Å². The number of anilines is 2. The summed E-state index contributed by atoms with van der Waals surface area (Å²) in [4.78, 5) is 16.2. The Balaban J connectivity index is 1.93.